The predicted molar refractivity (Wildman–Crippen MR) is 72.9 cm³/mol. The third-order valence-corrected chi connectivity index (χ3v) is 3.97. The van der Waals surface area contributed by atoms with E-state index in [1.165, 1.54) is 0 Å². The van der Waals surface area contributed by atoms with Crippen molar-refractivity contribution >= 4 is 11.6 Å². The lowest BCUT2D eigenvalue weighted by molar-refractivity contribution is -0.0143. The first-order chi connectivity index (χ1) is 8.62. The summed E-state index contributed by atoms with van der Waals surface area (Å²) in [7, 11) is 0. The van der Waals surface area contributed by atoms with E-state index in [0.717, 1.165) is 43.3 Å². The molecule has 1 aliphatic rings. The average Bonchev–Trinajstić information content (AvgIpc) is 2.94. The lowest BCUT2D eigenvalue weighted by atomic mass is 9.90. The lowest BCUT2D eigenvalue weighted by Crippen LogP contribution is -2.42. The van der Waals surface area contributed by atoms with Crippen LogP contribution in [0.3, 0.4) is 0 Å². The van der Waals surface area contributed by atoms with Gasteiger partial charge in [0.05, 0.1) is 28.6 Å². The Labute approximate surface area is 114 Å². The van der Waals surface area contributed by atoms with Crippen molar-refractivity contribution in [3.05, 3.63) is 16.9 Å². The molecular weight excluding hydrogens is 250 g/mol. The first-order valence-corrected chi connectivity index (χ1v) is 7.08. The van der Waals surface area contributed by atoms with Crippen LogP contribution in [0, 0.1) is 0 Å². The molecule has 4 nitrogen and oxygen atoms in total. The number of hydrogen-bond acceptors (Lipinski definition) is 3. The van der Waals surface area contributed by atoms with Gasteiger partial charge in [-0.25, -0.2) is 0 Å². The fraction of sp³-hybridized carbons (Fsp3) is 0.769. The number of aromatic nitrogens is 2. The van der Waals surface area contributed by atoms with Gasteiger partial charge in [-0.3, -0.25) is 4.68 Å². The highest BCUT2D eigenvalue weighted by Gasteiger charge is 2.41. The number of likely N-dealkylation sites (N-methyl/N-ethyl adjacent to an activating group) is 1. The monoisotopic (exact) mass is 271 g/mol. The summed E-state index contributed by atoms with van der Waals surface area (Å²) in [6, 6.07) is 0.0972. The van der Waals surface area contributed by atoms with Crippen molar-refractivity contribution in [2.24, 2.45) is 0 Å². The zero-order valence-electron chi connectivity index (χ0n) is 11.4. The topological polar surface area (TPSA) is 39.1 Å². The smallest absolute Gasteiger partial charge is 0.0865 e. The van der Waals surface area contributed by atoms with Gasteiger partial charge in [0.2, 0.25) is 0 Å². The Morgan fingerprint density at radius 3 is 2.94 bits per heavy atom. The highest BCUT2D eigenvalue weighted by molar-refractivity contribution is 6.31. The van der Waals surface area contributed by atoms with E-state index in [1.54, 1.807) is 6.20 Å². The fourth-order valence-corrected chi connectivity index (χ4v) is 3.00. The normalized spacial score (nSPS) is 25.6. The molecule has 1 aliphatic heterocycles. The number of ether oxygens (including phenoxy) is 1. The first-order valence-electron chi connectivity index (χ1n) is 6.71. The molecule has 1 aromatic rings. The average molecular weight is 272 g/mol. The summed E-state index contributed by atoms with van der Waals surface area (Å²) >= 11 is 6.32. The number of hydrogen-bond donors (Lipinski definition) is 1. The number of halogens is 1. The highest BCUT2D eigenvalue weighted by atomic mass is 35.5. The van der Waals surface area contributed by atoms with Crippen LogP contribution in [0.25, 0.3) is 0 Å². The molecule has 0 amide bonds. The molecule has 18 heavy (non-hydrogen) atoms. The minimum Gasteiger partial charge on any atom is -0.373 e. The molecule has 0 spiro atoms. The van der Waals surface area contributed by atoms with Crippen LogP contribution in [-0.4, -0.2) is 28.5 Å². The van der Waals surface area contributed by atoms with E-state index in [0.29, 0.717) is 0 Å². The van der Waals surface area contributed by atoms with E-state index >= 15 is 0 Å². The van der Waals surface area contributed by atoms with Crippen molar-refractivity contribution in [2.75, 3.05) is 13.2 Å². The molecule has 0 aromatic carbocycles. The van der Waals surface area contributed by atoms with Crippen molar-refractivity contribution in [1.82, 2.24) is 15.1 Å². The van der Waals surface area contributed by atoms with Crippen LogP contribution in [0.1, 0.15) is 45.3 Å². The van der Waals surface area contributed by atoms with Gasteiger partial charge in [0.15, 0.2) is 0 Å². The predicted octanol–water partition coefficient (Wildman–Crippen LogP) is 2.78. The van der Waals surface area contributed by atoms with Gasteiger partial charge in [-0.2, -0.15) is 5.10 Å². The van der Waals surface area contributed by atoms with Crippen LogP contribution in [0.5, 0.6) is 0 Å². The minimum atomic E-state index is -0.188. The summed E-state index contributed by atoms with van der Waals surface area (Å²) in [5, 5.41) is 8.56. The van der Waals surface area contributed by atoms with Crippen molar-refractivity contribution in [1.29, 1.82) is 0 Å². The highest BCUT2D eigenvalue weighted by Crippen LogP contribution is 2.39. The quantitative estimate of drug-likeness (QED) is 0.895. The molecule has 1 N–H and O–H groups in total. The molecule has 2 rings (SSSR count). The Kier molecular flexibility index (Phi) is 4.30. The van der Waals surface area contributed by atoms with Gasteiger partial charge in [-0.15, -0.1) is 0 Å². The summed E-state index contributed by atoms with van der Waals surface area (Å²) in [6.07, 6.45) is 3.88. The fourth-order valence-electron chi connectivity index (χ4n) is 2.75. The maximum Gasteiger partial charge on any atom is 0.0865 e. The Morgan fingerprint density at radius 2 is 2.39 bits per heavy atom. The van der Waals surface area contributed by atoms with Gasteiger partial charge in [-0.1, -0.05) is 18.5 Å². The SMILES string of the molecule is CCNC(c1c(Cl)cnn1CC)C1(C)CCCO1. The number of nitrogens with zero attached hydrogens (tertiary/aromatic N) is 2. The first kappa shape index (κ1) is 13.8. The number of rotatable bonds is 5. The van der Waals surface area contributed by atoms with Crippen LogP contribution in [0.15, 0.2) is 6.20 Å². The summed E-state index contributed by atoms with van der Waals surface area (Å²) in [5.41, 5.74) is 0.859. The molecule has 0 bridgehead atoms. The lowest BCUT2D eigenvalue weighted by Gasteiger charge is -2.34. The van der Waals surface area contributed by atoms with Crippen LogP contribution >= 0.6 is 11.6 Å². The van der Waals surface area contributed by atoms with Crippen LogP contribution in [0.4, 0.5) is 0 Å². The Balaban J connectivity index is 2.37. The van der Waals surface area contributed by atoms with Crippen LogP contribution < -0.4 is 5.32 Å². The number of nitrogens with one attached hydrogen (secondary N) is 1. The molecule has 102 valence electrons. The Hall–Kier alpha value is -0.580. The molecule has 2 heterocycles. The summed E-state index contributed by atoms with van der Waals surface area (Å²) in [4.78, 5) is 0. The summed E-state index contributed by atoms with van der Waals surface area (Å²) in [6.45, 7) is 8.88. The van der Waals surface area contributed by atoms with Gasteiger partial charge in [0.1, 0.15) is 0 Å². The molecule has 1 fully saturated rings. The maximum atomic E-state index is 6.32. The molecule has 2 atom stereocenters. The van der Waals surface area contributed by atoms with Crippen molar-refractivity contribution in [3.8, 4) is 0 Å². The molecule has 0 aliphatic carbocycles. The molecular formula is C13H22ClN3O. The van der Waals surface area contributed by atoms with Crippen molar-refractivity contribution in [3.63, 3.8) is 0 Å². The summed E-state index contributed by atoms with van der Waals surface area (Å²) < 4.78 is 7.93. The molecule has 2 unspecified atom stereocenters. The van der Waals surface area contributed by atoms with Gasteiger partial charge in [0.25, 0.3) is 0 Å². The number of aryl methyl sites for hydroxylation is 1. The van der Waals surface area contributed by atoms with Crippen LogP contribution in [0.2, 0.25) is 5.02 Å². The maximum absolute atomic E-state index is 6.32. The molecule has 0 saturated carbocycles. The van der Waals surface area contributed by atoms with Gasteiger partial charge in [-0.05, 0) is 33.2 Å². The van der Waals surface area contributed by atoms with E-state index in [4.69, 9.17) is 16.3 Å². The second-order valence-electron chi connectivity index (χ2n) is 4.95. The van der Waals surface area contributed by atoms with E-state index in [9.17, 15) is 0 Å². The summed E-state index contributed by atoms with van der Waals surface area (Å²) in [5.74, 6) is 0. The second kappa shape index (κ2) is 5.59. The van der Waals surface area contributed by atoms with E-state index in [1.807, 2.05) is 4.68 Å². The Bertz CT molecular complexity index is 399. The largest absolute Gasteiger partial charge is 0.373 e. The van der Waals surface area contributed by atoms with E-state index in [2.05, 4.69) is 31.2 Å². The Morgan fingerprint density at radius 1 is 1.61 bits per heavy atom. The third kappa shape index (κ3) is 2.42. The molecule has 1 saturated heterocycles. The molecule has 0 radical (unpaired) electrons. The van der Waals surface area contributed by atoms with E-state index < -0.39 is 0 Å². The van der Waals surface area contributed by atoms with Gasteiger partial charge < -0.3 is 10.1 Å². The zero-order chi connectivity index (χ0) is 13.2. The standard InChI is InChI=1S/C13H22ClN3O/c1-4-15-12(13(3)7-6-8-18-13)11-10(14)9-16-17(11)5-2/h9,12,15H,4-8H2,1-3H3. The third-order valence-electron chi connectivity index (χ3n) is 3.67. The second-order valence-corrected chi connectivity index (χ2v) is 5.36. The van der Waals surface area contributed by atoms with Crippen molar-refractivity contribution < 1.29 is 4.74 Å². The van der Waals surface area contributed by atoms with Crippen molar-refractivity contribution in [2.45, 2.75) is 51.8 Å². The van der Waals surface area contributed by atoms with Gasteiger partial charge >= 0.3 is 0 Å². The minimum absolute atomic E-state index is 0.0972. The van der Waals surface area contributed by atoms with E-state index in [-0.39, 0.29) is 11.6 Å². The van der Waals surface area contributed by atoms with Gasteiger partial charge in [0, 0.05) is 13.2 Å². The molecule has 1 aromatic heterocycles. The van der Waals surface area contributed by atoms with Crippen LogP contribution in [-0.2, 0) is 11.3 Å². The zero-order valence-corrected chi connectivity index (χ0v) is 12.1. The molecule has 5 heteroatoms.